The molecule has 4 nitrogen and oxygen atoms in total. The summed E-state index contributed by atoms with van der Waals surface area (Å²) in [6.07, 6.45) is 1.48. The monoisotopic (exact) mass is 222 g/mol. The van der Waals surface area contributed by atoms with Crippen molar-refractivity contribution < 1.29 is 9.53 Å². The number of aryl methyl sites for hydroxylation is 1. The lowest BCUT2D eigenvalue weighted by molar-refractivity contribution is 0.0595. The van der Waals surface area contributed by atoms with Crippen LogP contribution in [-0.4, -0.2) is 23.0 Å². The van der Waals surface area contributed by atoms with E-state index in [4.69, 9.17) is 0 Å². The van der Waals surface area contributed by atoms with E-state index >= 15 is 0 Å². The summed E-state index contributed by atoms with van der Waals surface area (Å²) in [5.74, 6) is 0.302. The third-order valence-corrected chi connectivity index (χ3v) is 2.95. The van der Waals surface area contributed by atoms with E-state index in [-0.39, 0.29) is 0 Å². The number of thiophene rings is 1. The molecule has 2 aromatic heterocycles. The van der Waals surface area contributed by atoms with Gasteiger partial charge in [0.1, 0.15) is 11.5 Å². The molecule has 2 heterocycles. The van der Waals surface area contributed by atoms with E-state index in [1.165, 1.54) is 13.3 Å². The fourth-order valence-electron chi connectivity index (χ4n) is 1.27. The molecule has 1 N–H and O–H groups in total. The number of nitrogens with zero attached hydrogens (tertiary/aromatic N) is 1. The Balaban J connectivity index is 2.36. The predicted molar refractivity (Wildman–Crippen MR) is 58.0 cm³/mol. The lowest BCUT2D eigenvalue weighted by atomic mass is 10.2. The van der Waals surface area contributed by atoms with Gasteiger partial charge in [-0.2, -0.15) is 11.3 Å². The second-order valence-electron chi connectivity index (χ2n) is 3.11. The molecule has 0 saturated carbocycles. The van der Waals surface area contributed by atoms with Crippen LogP contribution in [0.4, 0.5) is 0 Å². The van der Waals surface area contributed by atoms with Crippen molar-refractivity contribution in [3.8, 4) is 11.4 Å². The lowest BCUT2D eigenvalue weighted by Gasteiger charge is -1.94. The second-order valence-corrected chi connectivity index (χ2v) is 3.85. The Hall–Kier alpha value is -1.62. The first kappa shape index (κ1) is 9.92. The highest BCUT2D eigenvalue weighted by atomic mass is 32.1. The quantitative estimate of drug-likeness (QED) is 0.793. The minimum absolute atomic E-state index is 0.373. The van der Waals surface area contributed by atoms with Crippen LogP contribution in [0.3, 0.4) is 0 Å². The van der Waals surface area contributed by atoms with Crippen LogP contribution < -0.4 is 0 Å². The summed E-state index contributed by atoms with van der Waals surface area (Å²) in [4.78, 5) is 18.3. The van der Waals surface area contributed by atoms with Crippen LogP contribution in [0.25, 0.3) is 11.4 Å². The van der Waals surface area contributed by atoms with Crippen molar-refractivity contribution in [3.63, 3.8) is 0 Å². The van der Waals surface area contributed by atoms with Gasteiger partial charge in [0.05, 0.1) is 13.3 Å². The fourth-order valence-corrected chi connectivity index (χ4v) is 2.11. The lowest BCUT2D eigenvalue weighted by Crippen LogP contribution is -2.00. The van der Waals surface area contributed by atoms with Crippen LogP contribution >= 0.6 is 11.3 Å². The minimum atomic E-state index is -0.401. The molecule has 0 unspecified atom stereocenters. The third kappa shape index (κ3) is 1.78. The smallest absolute Gasteiger partial charge is 0.356 e. The number of rotatable bonds is 2. The molecular weight excluding hydrogens is 212 g/mol. The summed E-state index contributed by atoms with van der Waals surface area (Å²) in [5, 5.41) is 4.03. The minimum Gasteiger partial charge on any atom is -0.464 e. The molecule has 0 aromatic carbocycles. The number of carbonyl (C=O) groups is 1. The average Bonchev–Trinajstić information content (AvgIpc) is 2.84. The van der Waals surface area contributed by atoms with E-state index in [1.807, 2.05) is 17.7 Å². The Morgan fingerprint density at radius 2 is 2.33 bits per heavy atom. The molecule has 0 spiro atoms. The predicted octanol–water partition coefficient (Wildman–Crippen LogP) is 2.23. The maximum absolute atomic E-state index is 11.2. The van der Waals surface area contributed by atoms with Crippen molar-refractivity contribution in [2.45, 2.75) is 6.92 Å². The van der Waals surface area contributed by atoms with E-state index < -0.39 is 5.97 Å². The zero-order valence-electron chi connectivity index (χ0n) is 8.40. The molecule has 0 aliphatic rings. The summed E-state index contributed by atoms with van der Waals surface area (Å²) in [5.41, 5.74) is 2.54. The summed E-state index contributed by atoms with van der Waals surface area (Å²) >= 11 is 1.61. The van der Waals surface area contributed by atoms with Crippen LogP contribution in [0.15, 0.2) is 17.0 Å². The van der Waals surface area contributed by atoms with Crippen molar-refractivity contribution in [2.24, 2.45) is 0 Å². The van der Waals surface area contributed by atoms with Gasteiger partial charge in [-0.3, -0.25) is 0 Å². The third-order valence-electron chi connectivity index (χ3n) is 2.09. The van der Waals surface area contributed by atoms with Crippen LogP contribution in [0, 0.1) is 6.92 Å². The second kappa shape index (κ2) is 3.86. The summed E-state index contributed by atoms with van der Waals surface area (Å²) in [6, 6.07) is 0. The number of nitrogens with one attached hydrogen (secondary N) is 1. The van der Waals surface area contributed by atoms with E-state index in [0.717, 1.165) is 11.1 Å². The van der Waals surface area contributed by atoms with E-state index in [0.29, 0.717) is 11.5 Å². The summed E-state index contributed by atoms with van der Waals surface area (Å²) in [7, 11) is 1.35. The fraction of sp³-hybridized carbons (Fsp3) is 0.200. The zero-order valence-corrected chi connectivity index (χ0v) is 9.22. The van der Waals surface area contributed by atoms with Gasteiger partial charge in [-0.15, -0.1) is 0 Å². The van der Waals surface area contributed by atoms with Gasteiger partial charge < -0.3 is 9.72 Å². The van der Waals surface area contributed by atoms with Crippen molar-refractivity contribution in [1.82, 2.24) is 9.97 Å². The summed E-state index contributed by atoms with van der Waals surface area (Å²) in [6.45, 7) is 2.01. The normalized spacial score (nSPS) is 10.3. The van der Waals surface area contributed by atoms with Crippen molar-refractivity contribution in [1.29, 1.82) is 0 Å². The maximum Gasteiger partial charge on any atom is 0.356 e. The van der Waals surface area contributed by atoms with Crippen molar-refractivity contribution >= 4 is 17.3 Å². The van der Waals surface area contributed by atoms with Gasteiger partial charge >= 0.3 is 5.97 Å². The summed E-state index contributed by atoms with van der Waals surface area (Å²) < 4.78 is 4.59. The zero-order chi connectivity index (χ0) is 10.8. The van der Waals surface area contributed by atoms with Gasteiger partial charge in [0.2, 0.25) is 0 Å². The highest BCUT2D eigenvalue weighted by molar-refractivity contribution is 7.08. The van der Waals surface area contributed by atoms with Crippen molar-refractivity contribution in [2.75, 3.05) is 7.11 Å². The molecule has 0 fully saturated rings. The first-order chi connectivity index (χ1) is 7.22. The maximum atomic E-state index is 11.2. The number of carbonyl (C=O) groups excluding carboxylic acids is 1. The first-order valence-corrected chi connectivity index (χ1v) is 5.33. The van der Waals surface area contributed by atoms with E-state index in [1.54, 1.807) is 11.3 Å². The molecule has 0 radical (unpaired) electrons. The molecule has 0 aliphatic heterocycles. The Kier molecular flexibility index (Phi) is 2.55. The number of H-pyrrole nitrogens is 1. The molecule has 0 atom stereocenters. The number of imidazole rings is 1. The van der Waals surface area contributed by atoms with Gasteiger partial charge in [-0.25, -0.2) is 9.78 Å². The number of ether oxygens (including phenoxy) is 1. The topological polar surface area (TPSA) is 55.0 Å². The molecule has 5 heteroatoms. The van der Waals surface area contributed by atoms with E-state index in [9.17, 15) is 4.79 Å². The van der Waals surface area contributed by atoms with Gasteiger partial charge in [0.15, 0.2) is 0 Å². The van der Waals surface area contributed by atoms with Gasteiger partial charge in [0, 0.05) is 10.9 Å². The first-order valence-electron chi connectivity index (χ1n) is 4.39. The van der Waals surface area contributed by atoms with Crippen LogP contribution in [0.2, 0.25) is 0 Å². The number of aromatic nitrogens is 2. The Morgan fingerprint density at radius 3 is 2.93 bits per heavy atom. The van der Waals surface area contributed by atoms with Crippen LogP contribution in [0.5, 0.6) is 0 Å². The Bertz CT molecular complexity index is 487. The van der Waals surface area contributed by atoms with Crippen LogP contribution in [0.1, 0.15) is 16.1 Å². The van der Waals surface area contributed by atoms with Gasteiger partial charge in [-0.1, -0.05) is 0 Å². The standard InChI is InChI=1S/C10H10N2O2S/c1-6-4-15-5-7(6)9-11-3-8(12-9)10(13)14-2/h3-5H,1-2H3,(H,11,12). The van der Waals surface area contributed by atoms with E-state index in [2.05, 4.69) is 14.7 Å². The van der Waals surface area contributed by atoms with Gasteiger partial charge in [0.25, 0.3) is 0 Å². The average molecular weight is 222 g/mol. The number of aromatic amines is 1. The van der Waals surface area contributed by atoms with Crippen molar-refractivity contribution in [3.05, 3.63) is 28.2 Å². The Labute approximate surface area is 90.9 Å². The van der Waals surface area contributed by atoms with Crippen LogP contribution in [-0.2, 0) is 4.74 Å². The molecule has 0 amide bonds. The number of esters is 1. The SMILES string of the molecule is COC(=O)c1cnc(-c2cscc2C)[nH]1. The molecule has 2 aromatic rings. The van der Waals surface area contributed by atoms with Gasteiger partial charge in [-0.05, 0) is 17.9 Å². The number of hydrogen-bond donors (Lipinski definition) is 1. The molecular formula is C10H10N2O2S. The molecule has 0 saturated heterocycles. The number of methoxy groups -OCH3 is 1. The molecule has 15 heavy (non-hydrogen) atoms. The molecule has 0 bridgehead atoms. The molecule has 0 aliphatic carbocycles. The largest absolute Gasteiger partial charge is 0.464 e. The highest BCUT2D eigenvalue weighted by Crippen LogP contribution is 2.23. The molecule has 2 rings (SSSR count). The highest BCUT2D eigenvalue weighted by Gasteiger charge is 2.11. The molecule has 78 valence electrons. The Morgan fingerprint density at radius 1 is 1.53 bits per heavy atom. The number of hydrogen-bond acceptors (Lipinski definition) is 4.